The van der Waals surface area contributed by atoms with Gasteiger partial charge in [0.05, 0.1) is 5.54 Å². The lowest BCUT2D eigenvalue weighted by molar-refractivity contribution is -0.127. The first-order valence-electron chi connectivity index (χ1n) is 6.88. The normalized spacial score (nSPS) is 30.4. The summed E-state index contributed by atoms with van der Waals surface area (Å²) in [6, 6.07) is 0. The van der Waals surface area contributed by atoms with Crippen LogP contribution in [0.2, 0.25) is 0 Å². The zero-order valence-electron chi connectivity index (χ0n) is 10.8. The highest BCUT2D eigenvalue weighted by molar-refractivity contribution is 7.99. The molecule has 2 saturated heterocycles. The average molecular weight is 256 g/mol. The molecule has 4 heteroatoms. The van der Waals surface area contributed by atoms with Crippen molar-refractivity contribution in [2.75, 3.05) is 24.6 Å². The highest BCUT2D eigenvalue weighted by atomic mass is 32.2. The molecule has 0 aromatic rings. The monoisotopic (exact) mass is 256 g/mol. The Morgan fingerprint density at radius 2 is 2.24 bits per heavy atom. The molecule has 0 saturated carbocycles. The molecule has 0 bridgehead atoms. The molecule has 2 heterocycles. The van der Waals surface area contributed by atoms with Crippen LogP contribution in [0.5, 0.6) is 0 Å². The lowest BCUT2D eigenvalue weighted by atomic mass is 9.92. The summed E-state index contributed by atoms with van der Waals surface area (Å²) in [5, 5.41) is 6.57. The summed E-state index contributed by atoms with van der Waals surface area (Å²) >= 11 is 2.04. The molecule has 2 N–H and O–H groups in total. The minimum absolute atomic E-state index is 0.232. The van der Waals surface area contributed by atoms with E-state index in [-0.39, 0.29) is 11.4 Å². The Bertz CT molecular complexity index is 258. The summed E-state index contributed by atoms with van der Waals surface area (Å²) in [6.45, 7) is 3.97. The van der Waals surface area contributed by atoms with E-state index in [1.807, 2.05) is 11.8 Å². The van der Waals surface area contributed by atoms with Crippen molar-refractivity contribution in [1.82, 2.24) is 10.6 Å². The van der Waals surface area contributed by atoms with Gasteiger partial charge in [-0.25, -0.2) is 0 Å². The van der Waals surface area contributed by atoms with Gasteiger partial charge in [0.1, 0.15) is 0 Å². The number of hydrogen-bond acceptors (Lipinski definition) is 3. The molecule has 0 aromatic heterocycles. The Hall–Kier alpha value is -0.220. The van der Waals surface area contributed by atoms with Crippen LogP contribution in [0.4, 0.5) is 0 Å². The second kappa shape index (κ2) is 6.10. The van der Waals surface area contributed by atoms with Crippen LogP contribution in [-0.4, -0.2) is 36.0 Å². The minimum atomic E-state index is -0.260. The molecule has 0 aromatic carbocycles. The van der Waals surface area contributed by atoms with Gasteiger partial charge in [0.2, 0.25) is 5.91 Å². The fourth-order valence-electron chi connectivity index (χ4n) is 2.82. The predicted molar refractivity (Wildman–Crippen MR) is 73.3 cm³/mol. The van der Waals surface area contributed by atoms with Crippen molar-refractivity contribution in [1.29, 1.82) is 0 Å². The van der Waals surface area contributed by atoms with Crippen molar-refractivity contribution >= 4 is 17.7 Å². The summed E-state index contributed by atoms with van der Waals surface area (Å²) in [6.07, 6.45) is 5.55. The first kappa shape index (κ1) is 13.2. The quantitative estimate of drug-likeness (QED) is 0.805. The largest absolute Gasteiger partial charge is 0.354 e. The number of rotatable bonds is 4. The van der Waals surface area contributed by atoms with E-state index in [9.17, 15) is 4.79 Å². The Morgan fingerprint density at radius 3 is 2.82 bits per heavy atom. The Labute approximate surface area is 108 Å². The van der Waals surface area contributed by atoms with Gasteiger partial charge >= 0.3 is 0 Å². The Kier molecular flexibility index (Phi) is 4.74. The maximum atomic E-state index is 12.3. The molecule has 1 unspecified atom stereocenters. The third kappa shape index (κ3) is 3.16. The van der Waals surface area contributed by atoms with Gasteiger partial charge in [-0.2, -0.15) is 11.8 Å². The molecule has 2 aliphatic heterocycles. The summed E-state index contributed by atoms with van der Waals surface area (Å²) < 4.78 is 0. The fourth-order valence-corrected chi connectivity index (χ4v) is 4.02. The van der Waals surface area contributed by atoms with E-state index in [1.54, 1.807) is 0 Å². The van der Waals surface area contributed by atoms with Gasteiger partial charge in [-0.1, -0.05) is 6.92 Å². The summed E-state index contributed by atoms with van der Waals surface area (Å²) in [5.41, 5.74) is -0.260. The van der Waals surface area contributed by atoms with Crippen LogP contribution in [0.25, 0.3) is 0 Å². The molecule has 1 atom stereocenters. The molecule has 2 aliphatic rings. The maximum absolute atomic E-state index is 12.3. The zero-order valence-corrected chi connectivity index (χ0v) is 11.6. The molecule has 2 rings (SSSR count). The second-order valence-corrected chi connectivity index (χ2v) is 6.46. The number of thioether (sulfide) groups is 1. The van der Waals surface area contributed by atoms with Crippen LogP contribution in [0.15, 0.2) is 0 Å². The number of hydrogen-bond donors (Lipinski definition) is 2. The van der Waals surface area contributed by atoms with Gasteiger partial charge in [-0.05, 0) is 56.1 Å². The lowest BCUT2D eigenvalue weighted by Gasteiger charge is -2.29. The predicted octanol–water partition coefficient (Wildman–Crippen LogP) is 1.78. The number of nitrogens with one attached hydrogen (secondary N) is 2. The van der Waals surface area contributed by atoms with Gasteiger partial charge in [0.25, 0.3) is 0 Å². The van der Waals surface area contributed by atoms with Gasteiger partial charge in [-0.3, -0.25) is 4.79 Å². The Balaban J connectivity index is 1.79. The van der Waals surface area contributed by atoms with E-state index in [0.717, 1.165) is 32.4 Å². The molecular formula is C13H24N2OS. The smallest absolute Gasteiger partial charge is 0.240 e. The zero-order chi connectivity index (χ0) is 12.1. The van der Waals surface area contributed by atoms with Crippen molar-refractivity contribution in [2.45, 2.75) is 44.6 Å². The molecule has 3 nitrogen and oxygen atoms in total. The first-order chi connectivity index (χ1) is 8.27. The molecule has 0 radical (unpaired) electrons. The average Bonchev–Trinajstić information content (AvgIpc) is 2.87. The van der Waals surface area contributed by atoms with Crippen molar-refractivity contribution in [3.63, 3.8) is 0 Å². The molecule has 0 aliphatic carbocycles. The fraction of sp³-hybridized carbons (Fsp3) is 0.923. The molecule has 1 amide bonds. The van der Waals surface area contributed by atoms with Crippen LogP contribution in [-0.2, 0) is 4.79 Å². The molecule has 98 valence electrons. The van der Waals surface area contributed by atoms with E-state index in [4.69, 9.17) is 0 Å². The van der Waals surface area contributed by atoms with Crippen LogP contribution in [0.3, 0.4) is 0 Å². The third-order valence-electron chi connectivity index (χ3n) is 4.17. The molecular weight excluding hydrogens is 232 g/mol. The van der Waals surface area contributed by atoms with E-state index in [0.29, 0.717) is 5.92 Å². The number of amides is 1. The van der Waals surface area contributed by atoms with Crippen molar-refractivity contribution in [3.05, 3.63) is 0 Å². The number of carbonyl (C=O) groups is 1. The van der Waals surface area contributed by atoms with Crippen LogP contribution in [0, 0.1) is 5.92 Å². The lowest BCUT2D eigenvalue weighted by Crippen LogP contribution is -2.53. The second-order valence-electron chi connectivity index (χ2n) is 5.23. The summed E-state index contributed by atoms with van der Waals surface area (Å²) in [5.74, 6) is 3.46. The van der Waals surface area contributed by atoms with E-state index < -0.39 is 0 Å². The summed E-state index contributed by atoms with van der Waals surface area (Å²) in [7, 11) is 0. The molecule has 0 spiro atoms. The minimum Gasteiger partial charge on any atom is -0.354 e. The van der Waals surface area contributed by atoms with Gasteiger partial charge in [0, 0.05) is 6.54 Å². The first-order valence-corrected chi connectivity index (χ1v) is 8.03. The topological polar surface area (TPSA) is 41.1 Å². The highest BCUT2D eigenvalue weighted by Gasteiger charge is 2.38. The van der Waals surface area contributed by atoms with E-state index in [1.165, 1.54) is 24.3 Å². The van der Waals surface area contributed by atoms with Crippen LogP contribution in [0.1, 0.15) is 39.0 Å². The van der Waals surface area contributed by atoms with Crippen molar-refractivity contribution in [3.8, 4) is 0 Å². The SMILES string of the molecule is CCC1(C(=O)NCC2CCSCC2)CCCN1. The van der Waals surface area contributed by atoms with Crippen molar-refractivity contribution in [2.24, 2.45) is 5.92 Å². The molecule has 17 heavy (non-hydrogen) atoms. The standard InChI is InChI=1S/C13H24N2OS/c1-2-13(6-3-7-15-13)12(16)14-10-11-4-8-17-9-5-11/h11,15H,2-10H2,1H3,(H,14,16). The number of carbonyl (C=O) groups excluding carboxylic acids is 1. The third-order valence-corrected chi connectivity index (χ3v) is 5.22. The van der Waals surface area contributed by atoms with E-state index in [2.05, 4.69) is 17.6 Å². The van der Waals surface area contributed by atoms with Crippen LogP contribution >= 0.6 is 11.8 Å². The summed E-state index contributed by atoms with van der Waals surface area (Å²) in [4.78, 5) is 12.3. The highest BCUT2D eigenvalue weighted by Crippen LogP contribution is 2.25. The van der Waals surface area contributed by atoms with Gasteiger partial charge in [-0.15, -0.1) is 0 Å². The van der Waals surface area contributed by atoms with Crippen molar-refractivity contribution < 1.29 is 4.79 Å². The van der Waals surface area contributed by atoms with Crippen LogP contribution < -0.4 is 10.6 Å². The van der Waals surface area contributed by atoms with Gasteiger partial charge in [0.15, 0.2) is 0 Å². The Morgan fingerprint density at radius 1 is 1.47 bits per heavy atom. The van der Waals surface area contributed by atoms with Gasteiger partial charge < -0.3 is 10.6 Å². The molecule has 2 fully saturated rings. The maximum Gasteiger partial charge on any atom is 0.240 e. The van der Waals surface area contributed by atoms with E-state index >= 15 is 0 Å².